The molecule has 0 radical (unpaired) electrons. The molecule has 1 unspecified atom stereocenters. The number of Topliss-reactive ketones (excluding diaryl/α,β-unsaturated/α-hetero) is 1. The van der Waals surface area contributed by atoms with Gasteiger partial charge in [-0.05, 0) is 36.8 Å². The maximum atomic E-state index is 11.8. The third kappa shape index (κ3) is 3.41. The molecular weight excluding hydrogens is 276 g/mol. The van der Waals surface area contributed by atoms with Crippen LogP contribution in [0.5, 0.6) is 0 Å². The van der Waals surface area contributed by atoms with Gasteiger partial charge in [-0.15, -0.1) is 0 Å². The van der Waals surface area contributed by atoms with Crippen LogP contribution in [-0.2, 0) is 11.2 Å². The van der Waals surface area contributed by atoms with Crippen LogP contribution in [-0.4, -0.2) is 11.1 Å². The molecule has 0 spiro atoms. The number of carbonyl (C=O) groups excluding carboxylic acids is 1. The first-order valence-electron chi connectivity index (χ1n) is 6.49. The van der Waals surface area contributed by atoms with Crippen LogP contribution >= 0.6 is 15.9 Å². The lowest BCUT2D eigenvalue weighted by Gasteiger charge is -2.20. The Kier molecular flexibility index (Phi) is 4.78. The Labute approximate surface area is 112 Å². The van der Waals surface area contributed by atoms with E-state index < -0.39 is 0 Å². The van der Waals surface area contributed by atoms with Gasteiger partial charge in [-0.25, -0.2) is 0 Å². The molecule has 1 aliphatic carbocycles. The van der Waals surface area contributed by atoms with Crippen LogP contribution in [0.2, 0.25) is 0 Å². The van der Waals surface area contributed by atoms with Gasteiger partial charge >= 0.3 is 0 Å². The topological polar surface area (TPSA) is 17.1 Å². The Morgan fingerprint density at radius 1 is 1.18 bits per heavy atom. The third-order valence-electron chi connectivity index (χ3n) is 3.54. The van der Waals surface area contributed by atoms with E-state index in [-0.39, 0.29) is 5.92 Å². The molecule has 0 amide bonds. The first-order chi connectivity index (χ1) is 8.31. The van der Waals surface area contributed by atoms with E-state index in [1.165, 1.54) is 24.0 Å². The van der Waals surface area contributed by atoms with Crippen LogP contribution in [0.1, 0.15) is 49.1 Å². The minimum Gasteiger partial charge on any atom is -0.299 e. The van der Waals surface area contributed by atoms with E-state index in [1.807, 2.05) is 0 Å². The van der Waals surface area contributed by atoms with Gasteiger partial charge in [-0.2, -0.15) is 0 Å². The molecule has 1 nitrogen and oxygen atoms in total. The second-order valence-electron chi connectivity index (χ2n) is 4.80. The molecule has 2 heteroatoms. The molecule has 0 bridgehead atoms. The summed E-state index contributed by atoms with van der Waals surface area (Å²) in [7, 11) is 0. The normalized spacial score (nSPS) is 20.5. The zero-order chi connectivity index (χ0) is 12.1. The van der Waals surface area contributed by atoms with E-state index >= 15 is 0 Å². The van der Waals surface area contributed by atoms with Gasteiger partial charge in [0.15, 0.2) is 0 Å². The molecule has 2 rings (SSSR count). The molecule has 0 heterocycles. The highest BCUT2D eigenvalue weighted by atomic mass is 79.9. The molecule has 1 atom stereocenters. The quantitative estimate of drug-likeness (QED) is 0.759. The highest BCUT2D eigenvalue weighted by Crippen LogP contribution is 2.30. The van der Waals surface area contributed by atoms with E-state index in [1.54, 1.807) is 0 Å². The van der Waals surface area contributed by atoms with Crippen molar-refractivity contribution in [1.82, 2.24) is 0 Å². The lowest BCUT2D eigenvalue weighted by Crippen LogP contribution is -2.16. The smallest absolute Gasteiger partial charge is 0.140 e. The number of aryl methyl sites for hydroxylation is 1. The van der Waals surface area contributed by atoms with Crippen LogP contribution in [0.4, 0.5) is 0 Å². The number of halogens is 1. The zero-order valence-electron chi connectivity index (χ0n) is 10.1. The Balaban J connectivity index is 2.03. The summed E-state index contributed by atoms with van der Waals surface area (Å²) in [4.78, 5) is 11.8. The summed E-state index contributed by atoms with van der Waals surface area (Å²) in [5, 5.41) is 1.05. The fourth-order valence-corrected chi connectivity index (χ4v) is 2.80. The highest BCUT2D eigenvalue weighted by Gasteiger charge is 2.23. The minimum atomic E-state index is 0.175. The predicted octanol–water partition coefficient (Wildman–Crippen LogP) is 4.24. The molecule has 0 saturated heterocycles. The van der Waals surface area contributed by atoms with Crippen molar-refractivity contribution >= 4 is 21.7 Å². The van der Waals surface area contributed by atoms with Crippen molar-refractivity contribution in [3.8, 4) is 0 Å². The molecule has 0 aliphatic heterocycles. The fraction of sp³-hybridized carbons (Fsp3) is 0.533. The molecule has 1 aromatic rings. The van der Waals surface area contributed by atoms with E-state index in [0.29, 0.717) is 5.78 Å². The number of alkyl halides is 1. The molecule has 1 fully saturated rings. The summed E-state index contributed by atoms with van der Waals surface area (Å²) in [6, 6.07) is 8.66. The maximum absolute atomic E-state index is 11.8. The first-order valence-corrected chi connectivity index (χ1v) is 7.61. The summed E-state index contributed by atoms with van der Waals surface area (Å²) in [6.45, 7) is 0. The van der Waals surface area contributed by atoms with Gasteiger partial charge in [0.2, 0.25) is 0 Å². The number of ketones is 1. The van der Waals surface area contributed by atoms with E-state index in [4.69, 9.17) is 0 Å². The van der Waals surface area contributed by atoms with Gasteiger partial charge in [0.25, 0.3) is 0 Å². The molecule has 0 N–H and O–H groups in total. The van der Waals surface area contributed by atoms with Crippen molar-refractivity contribution in [3.05, 3.63) is 35.4 Å². The zero-order valence-corrected chi connectivity index (χ0v) is 11.7. The summed E-state index contributed by atoms with van der Waals surface area (Å²) in [6.07, 6.45) is 6.38. The summed E-state index contributed by atoms with van der Waals surface area (Å²) in [5.74, 6) is 0.610. The number of hydrogen-bond donors (Lipinski definition) is 0. The van der Waals surface area contributed by atoms with E-state index in [0.717, 1.165) is 31.0 Å². The fourth-order valence-electron chi connectivity index (χ4n) is 2.52. The lowest BCUT2D eigenvalue weighted by molar-refractivity contribution is -0.121. The largest absolute Gasteiger partial charge is 0.299 e. The Morgan fingerprint density at radius 3 is 2.59 bits per heavy atom. The van der Waals surface area contributed by atoms with Crippen molar-refractivity contribution in [2.75, 3.05) is 5.33 Å². The van der Waals surface area contributed by atoms with Gasteiger partial charge in [0.1, 0.15) is 5.78 Å². The highest BCUT2D eigenvalue weighted by molar-refractivity contribution is 9.09. The van der Waals surface area contributed by atoms with Crippen molar-refractivity contribution in [2.24, 2.45) is 0 Å². The average molecular weight is 295 g/mol. The monoisotopic (exact) mass is 294 g/mol. The third-order valence-corrected chi connectivity index (χ3v) is 4.10. The summed E-state index contributed by atoms with van der Waals surface area (Å²) in [5.41, 5.74) is 2.59. The van der Waals surface area contributed by atoms with E-state index in [2.05, 4.69) is 40.2 Å². The Hall–Kier alpha value is -0.630. The maximum Gasteiger partial charge on any atom is 0.140 e. The number of hydrogen-bond acceptors (Lipinski definition) is 1. The number of rotatable bonds is 4. The lowest BCUT2D eigenvalue weighted by atomic mass is 9.83. The Bertz CT molecular complexity index is 369. The van der Waals surface area contributed by atoms with Crippen LogP contribution in [0.15, 0.2) is 24.3 Å². The average Bonchev–Trinajstić information content (AvgIpc) is 2.38. The SMILES string of the molecule is O=C1CCCCC1c1ccc(CCCBr)cc1. The second kappa shape index (κ2) is 6.34. The van der Waals surface area contributed by atoms with Gasteiger partial charge in [0.05, 0.1) is 0 Å². The van der Waals surface area contributed by atoms with Crippen LogP contribution in [0.3, 0.4) is 0 Å². The second-order valence-corrected chi connectivity index (χ2v) is 5.59. The molecule has 1 saturated carbocycles. The molecule has 1 aromatic carbocycles. The predicted molar refractivity (Wildman–Crippen MR) is 74.8 cm³/mol. The molecule has 17 heavy (non-hydrogen) atoms. The molecule has 1 aliphatic rings. The minimum absolute atomic E-state index is 0.175. The van der Waals surface area contributed by atoms with E-state index in [9.17, 15) is 4.79 Å². The summed E-state index contributed by atoms with van der Waals surface area (Å²) < 4.78 is 0. The van der Waals surface area contributed by atoms with Crippen molar-refractivity contribution in [1.29, 1.82) is 0 Å². The van der Waals surface area contributed by atoms with Crippen LogP contribution in [0.25, 0.3) is 0 Å². The van der Waals surface area contributed by atoms with Gasteiger partial charge in [-0.3, -0.25) is 4.79 Å². The molecule has 92 valence electrons. The van der Waals surface area contributed by atoms with Gasteiger partial charge < -0.3 is 0 Å². The molecule has 0 aromatic heterocycles. The molecular formula is C15H19BrO. The van der Waals surface area contributed by atoms with Gasteiger partial charge in [-0.1, -0.05) is 46.6 Å². The first kappa shape index (κ1) is 12.8. The van der Waals surface area contributed by atoms with Crippen LogP contribution in [0, 0.1) is 0 Å². The standard InChI is InChI=1S/C15H19BrO/c16-11-3-4-12-7-9-13(10-8-12)14-5-1-2-6-15(14)17/h7-10,14H,1-6,11H2. The number of benzene rings is 1. The summed E-state index contributed by atoms with van der Waals surface area (Å²) >= 11 is 3.45. The van der Waals surface area contributed by atoms with Crippen LogP contribution < -0.4 is 0 Å². The van der Waals surface area contributed by atoms with Crippen molar-refractivity contribution < 1.29 is 4.79 Å². The van der Waals surface area contributed by atoms with Crippen molar-refractivity contribution in [3.63, 3.8) is 0 Å². The number of carbonyl (C=O) groups is 1. The van der Waals surface area contributed by atoms with Crippen molar-refractivity contribution in [2.45, 2.75) is 44.4 Å². The Morgan fingerprint density at radius 2 is 1.94 bits per heavy atom. The van der Waals surface area contributed by atoms with Gasteiger partial charge in [0, 0.05) is 17.7 Å².